The molecule has 0 saturated carbocycles. The van der Waals surface area contributed by atoms with Crippen molar-refractivity contribution in [3.63, 3.8) is 0 Å². The highest BCUT2D eigenvalue weighted by Crippen LogP contribution is 2.15. The monoisotopic (exact) mass is 420 g/mol. The molecule has 1 saturated heterocycles. The van der Waals surface area contributed by atoms with E-state index in [0.29, 0.717) is 22.5 Å². The normalized spacial score (nSPS) is 19.5. The van der Waals surface area contributed by atoms with Gasteiger partial charge in [-0.1, -0.05) is 49.4 Å². The third-order valence-corrected chi connectivity index (χ3v) is 6.62. The van der Waals surface area contributed by atoms with Crippen LogP contribution in [0.4, 0.5) is 0 Å². The lowest BCUT2D eigenvalue weighted by Crippen LogP contribution is -3.12. The number of hydrogen-bond acceptors (Lipinski definition) is 3. The van der Waals surface area contributed by atoms with Gasteiger partial charge in [0, 0.05) is 0 Å². The van der Waals surface area contributed by atoms with Crippen LogP contribution in [-0.2, 0) is 13.2 Å². The number of hydrogen-bond donors (Lipinski definition) is 1. The van der Waals surface area contributed by atoms with Gasteiger partial charge in [-0.3, -0.25) is 13.8 Å². The average molecular weight is 421 g/mol. The fraction of sp³-hybridized carbons (Fsp3) is 0.348. The zero-order chi connectivity index (χ0) is 20.7. The molecule has 0 amide bonds. The summed E-state index contributed by atoms with van der Waals surface area (Å²) in [5.74, 6) is 1.40. The Kier molecular flexibility index (Phi) is 5.00. The van der Waals surface area contributed by atoms with Crippen molar-refractivity contribution in [2.75, 3.05) is 13.1 Å². The maximum absolute atomic E-state index is 13.4. The molecule has 0 unspecified atom stereocenters. The van der Waals surface area contributed by atoms with Crippen LogP contribution >= 0.6 is 12.2 Å². The summed E-state index contributed by atoms with van der Waals surface area (Å²) in [6, 6.07) is 17.7. The molecule has 0 aliphatic carbocycles. The molecule has 0 spiro atoms. The number of quaternary nitrogens is 1. The van der Waals surface area contributed by atoms with Crippen LogP contribution < -0.4 is 10.5 Å². The van der Waals surface area contributed by atoms with E-state index in [1.54, 1.807) is 4.57 Å². The van der Waals surface area contributed by atoms with Gasteiger partial charge in [-0.25, -0.2) is 0 Å². The minimum atomic E-state index is -0.0340. The molecule has 0 radical (unpaired) electrons. The van der Waals surface area contributed by atoms with Gasteiger partial charge in [0.1, 0.15) is 0 Å². The lowest BCUT2D eigenvalue weighted by Gasteiger charge is -2.26. The number of benzene rings is 2. The highest BCUT2D eigenvalue weighted by atomic mass is 32.1. The largest absolute Gasteiger partial charge is 0.316 e. The second-order valence-electron chi connectivity index (χ2n) is 8.40. The molecule has 2 aromatic heterocycles. The predicted molar refractivity (Wildman–Crippen MR) is 120 cm³/mol. The van der Waals surface area contributed by atoms with Crippen molar-refractivity contribution in [3.05, 3.63) is 75.3 Å². The number of para-hydroxylation sites is 1. The quantitative estimate of drug-likeness (QED) is 0.516. The summed E-state index contributed by atoms with van der Waals surface area (Å²) in [5.41, 5.74) is 1.85. The molecule has 1 aliphatic rings. The van der Waals surface area contributed by atoms with Crippen molar-refractivity contribution in [1.29, 1.82) is 0 Å². The molecular formula is C23H26N5OS+. The molecular weight excluding hydrogens is 394 g/mol. The standard InChI is InChI=1S/C23H25N5OS/c1-17-11-13-25(14-12-17)16-27-23(30)28-20-10-6-5-9-19(20)21(29)26(22(28)24-27)15-18-7-3-2-4-8-18/h2-10,17H,11-16H2,1H3/p+1. The summed E-state index contributed by atoms with van der Waals surface area (Å²) in [7, 11) is 0. The summed E-state index contributed by atoms with van der Waals surface area (Å²) >= 11 is 5.85. The van der Waals surface area contributed by atoms with E-state index in [-0.39, 0.29) is 5.56 Å². The van der Waals surface area contributed by atoms with E-state index in [0.717, 1.165) is 36.8 Å². The second-order valence-corrected chi connectivity index (χ2v) is 8.77. The first-order valence-electron chi connectivity index (χ1n) is 10.6. The Bertz CT molecular complexity index is 1310. The van der Waals surface area contributed by atoms with Gasteiger partial charge in [0.2, 0.25) is 10.5 Å². The van der Waals surface area contributed by atoms with E-state index in [1.807, 2.05) is 63.7 Å². The van der Waals surface area contributed by atoms with Crippen molar-refractivity contribution in [3.8, 4) is 0 Å². The van der Waals surface area contributed by atoms with Crippen molar-refractivity contribution in [1.82, 2.24) is 18.7 Å². The Morgan fingerprint density at radius 3 is 2.53 bits per heavy atom. The Balaban J connectivity index is 1.67. The van der Waals surface area contributed by atoms with Gasteiger partial charge < -0.3 is 4.90 Å². The van der Waals surface area contributed by atoms with Crippen LogP contribution in [0.3, 0.4) is 0 Å². The van der Waals surface area contributed by atoms with Crippen molar-refractivity contribution >= 4 is 28.9 Å². The number of aromatic nitrogens is 4. The number of piperidine rings is 1. The van der Waals surface area contributed by atoms with Crippen molar-refractivity contribution in [2.45, 2.75) is 33.0 Å². The first-order chi connectivity index (χ1) is 14.6. The fourth-order valence-corrected chi connectivity index (χ4v) is 4.70. The van der Waals surface area contributed by atoms with Crippen molar-refractivity contribution in [2.24, 2.45) is 5.92 Å². The number of nitrogens with zero attached hydrogens (tertiary/aromatic N) is 4. The minimum absolute atomic E-state index is 0.0340. The second kappa shape index (κ2) is 7.81. The Morgan fingerprint density at radius 1 is 1.07 bits per heavy atom. The van der Waals surface area contributed by atoms with Crippen LogP contribution in [0.25, 0.3) is 16.7 Å². The van der Waals surface area contributed by atoms with Crippen LogP contribution in [0.15, 0.2) is 59.4 Å². The molecule has 154 valence electrons. The number of nitrogens with one attached hydrogen (secondary N) is 1. The summed E-state index contributed by atoms with van der Waals surface area (Å²) in [4.78, 5) is 14.8. The highest BCUT2D eigenvalue weighted by molar-refractivity contribution is 7.71. The molecule has 2 aromatic carbocycles. The summed E-state index contributed by atoms with van der Waals surface area (Å²) in [6.07, 6.45) is 2.47. The van der Waals surface area contributed by atoms with Gasteiger partial charge in [-0.15, -0.1) is 5.10 Å². The van der Waals surface area contributed by atoms with E-state index in [9.17, 15) is 4.79 Å². The molecule has 30 heavy (non-hydrogen) atoms. The molecule has 1 N–H and O–H groups in total. The predicted octanol–water partition coefficient (Wildman–Crippen LogP) is 2.50. The summed E-state index contributed by atoms with van der Waals surface area (Å²) < 4.78 is 6.26. The molecule has 3 heterocycles. The molecule has 7 heteroatoms. The molecule has 0 bridgehead atoms. The van der Waals surface area contributed by atoms with E-state index >= 15 is 0 Å². The molecule has 5 rings (SSSR count). The maximum Gasteiger partial charge on any atom is 0.263 e. The molecule has 0 atom stereocenters. The topological polar surface area (TPSA) is 48.7 Å². The Hall–Kier alpha value is -2.77. The lowest BCUT2D eigenvalue weighted by molar-refractivity contribution is -0.929. The third-order valence-electron chi connectivity index (χ3n) is 6.22. The van der Waals surface area contributed by atoms with Crippen molar-refractivity contribution < 1.29 is 4.90 Å². The Morgan fingerprint density at radius 2 is 1.77 bits per heavy atom. The zero-order valence-electron chi connectivity index (χ0n) is 17.1. The summed E-state index contributed by atoms with van der Waals surface area (Å²) in [6.45, 7) is 5.79. The fourth-order valence-electron chi connectivity index (χ4n) is 4.42. The molecule has 1 aliphatic heterocycles. The van der Waals surface area contributed by atoms with Gasteiger partial charge in [0.25, 0.3) is 5.56 Å². The molecule has 6 nitrogen and oxygen atoms in total. The van der Waals surface area contributed by atoms with Crippen LogP contribution in [0.2, 0.25) is 0 Å². The SMILES string of the molecule is CC1CC[NH+](Cn2nc3n(Cc4ccccc4)c(=O)c4ccccc4n3c2=S)CC1. The number of fused-ring (bicyclic) bond motifs is 3. The van der Waals surface area contributed by atoms with Gasteiger partial charge in [0.05, 0.1) is 30.5 Å². The smallest absolute Gasteiger partial charge is 0.263 e. The van der Waals surface area contributed by atoms with E-state index in [4.69, 9.17) is 17.3 Å². The van der Waals surface area contributed by atoms with Crippen LogP contribution in [0, 0.1) is 10.7 Å². The van der Waals surface area contributed by atoms with Crippen LogP contribution in [0.1, 0.15) is 25.3 Å². The van der Waals surface area contributed by atoms with Gasteiger partial charge in [-0.05, 0) is 48.7 Å². The minimum Gasteiger partial charge on any atom is -0.316 e. The van der Waals surface area contributed by atoms with Gasteiger partial charge in [-0.2, -0.15) is 4.68 Å². The van der Waals surface area contributed by atoms with Gasteiger partial charge >= 0.3 is 0 Å². The van der Waals surface area contributed by atoms with E-state index < -0.39 is 0 Å². The zero-order valence-corrected chi connectivity index (χ0v) is 17.9. The van der Waals surface area contributed by atoms with Crippen LogP contribution in [0.5, 0.6) is 0 Å². The third kappa shape index (κ3) is 3.38. The first kappa shape index (κ1) is 19.2. The number of likely N-dealkylation sites (tertiary alicyclic amines) is 1. The average Bonchev–Trinajstić information content (AvgIpc) is 3.09. The Labute approximate surface area is 180 Å². The van der Waals surface area contributed by atoms with Gasteiger partial charge in [0.15, 0.2) is 6.67 Å². The lowest BCUT2D eigenvalue weighted by atomic mass is 10.00. The van der Waals surface area contributed by atoms with E-state index in [2.05, 4.69) is 6.92 Å². The number of rotatable bonds is 4. The molecule has 4 aromatic rings. The molecule has 1 fully saturated rings. The maximum atomic E-state index is 13.4. The highest BCUT2D eigenvalue weighted by Gasteiger charge is 2.22. The van der Waals surface area contributed by atoms with E-state index in [1.165, 1.54) is 17.7 Å². The summed E-state index contributed by atoms with van der Waals surface area (Å²) in [5, 5.41) is 5.51. The first-order valence-corrected chi connectivity index (χ1v) is 11.0. The van der Waals surface area contributed by atoms with Crippen LogP contribution in [-0.4, -0.2) is 31.8 Å².